The second-order valence-corrected chi connectivity index (χ2v) is 11.6. The molecule has 0 aromatic heterocycles. The van der Waals surface area contributed by atoms with Gasteiger partial charge in [-0.3, -0.25) is 0 Å². The minimum atomic E-state index is -2.01. The number of nitrogens with zero attached hydrogens (tertiary/aromatic N) is 1. The fourth-order valence-corrected chi connectivity index (χ4v) is 6.41. The molecule has 0 atom stereocenters. The number of benzene rings is 3. The van der Waals surface area contributed by atoms with E-state index in [-0.39, 0.29) is 0 Å². The van der Waals surface area contributed by atoms with Gasteiger partial charge in [-0.25, -0.2) is 0 Å². The van der Waals surface area contributed by atoms with E-state index in [1.54, 1.807) is 0 Å². The molecule has 0 amide bonds. The maximum Gasteiger partial charge on any atom is 0.187 e. The zero-order valence-electron chi connectivity index (χ0n) is 14.6. The molecule has 0 bridgehead atoms. The molecule has 3 aromatic rings. The fraction of sp³-hybridized carbons (Fsp3) is 0.0909. The Morgan fingerprint density at radius 1 is 0.840 bits per heavy atom. The largest absolute Gasteiger partial charge is 0.365 e. The highest BCUT2D eigenvalue weighted by atomic mass is 79.9. The molecule has 0 heterocycles. The van der Waals surface area contributed by atoms with Gasteiger partial charge < -0.3 is 4.57 Å². The van der Waals surface area contributed by atoms with Gasteiger partial charge in [0.1, 0.15) is 0 Å². The zero-order valence-corrected chi connectivity index (χ0v) is 17.2. The Morgan fingerprint density at radius 3 is 2.04 bits per heavy atom. The summed E-state index contributed by atoms with van der Waals surface area (Å²) in [6.45, 7) is 9.21. The van der Waals surface area contributed by atoms with Crippen molar-refractivity contribution in [1.82, 2.24) is 0 Å². The molecule has 0 N–H and O–H groups in total. The van der Waals surface area contributed by atoms with Gasteiger partial charge in [0.15, 0.2) is 8.24 Å². The highest BCUT2D eigenvalue weighted by Gasteiger charge is 2.34. The van der Waals surface area contributed by atoms with E-state index in [1.807, 2.05) is 6.07 Å². The van der Waals surface area contributed by atoms with Crippen LogP contribution in [0.15, 0.2) is 96.0 Å². The monoisotopic (exact) mass is 407 g/mol. The van der Waals surface area contributed by atoms with Crippen LogP contribution in [0.4, 0.5) is 5.69 Å². The number of rotatable bonds is 5. The number of anilines is 1. The smallest absolute Gasteiger partial charge is 0.187 e. The SMILES string of the molecule is C=C(c1ccccc1)N(c1cccc(Br)c1)[Si](C)(C)c1ccccc1. The quantitative estimate of drug-likeness (QED) is 0.466. The Morgan fingerprint density at radius 2 is 1.44 bits per heavy atom. The highest BCUT2D eigenvalue weighted by molar-refractivity contribution is 9.10. The molecule has 0 saturated heterocycles. The van der Waals surface area contributed by atoms with Crippen molar-refractivity contribution in [1.29, 1.82) is 0 Å². The van der Waals surface area contributed by atoms with E-state index >= 15 is 0 Å². The summed E-state index contributed by atoms with van der Waals surface area (Å²) in [6.07, 6.45) is 0. The third-order valence-corrected chi connectivity index (χ3v) is 8.37. The van der Waals surface area contributed by atoms with Gasteiger partial charge in [-0.15, -0.1) is 0 Å². The van der Waals surface area contributed by atoms with E-state index in [0.29, 0.717) is 0 Å². The van der Waals surface area contributed by atoms with Crippen molar-refractivity contribution in [3.05, 3.63) is 102 Å². The van der Waals surface area contributed by atoms with E-state index in [2.05, 4.69) is 119 Å². The molecule has 0 unspecified atom stereocenters. The van der Waals surface area contributed by atoms with Crippen LogP contribution in [-0.2, 0) is 0 Å². The third kappa shape index (κ3) is 3.78. The lowest BCUT2D eigenvalue weighted by atomic mass is 10.1. The van der Waals surface area contributed by atoms with Crippen molar-refractivity contribution < 1.29 is 0 Å². The minimum Gasteiger partial charge on any atom is -0.365 e. The van der Waals surface area contributed by atoms with Crippen LogP contribution >= 0.6 is 15.9 Å². The maximum absolute atomic E-state index is 4.47. The predicted molar refractivity (Wildman–Crippen MR) is 116 cm³/mol. The summed E-state index contributed by atoms with van der Waals surface area (Å²) >= 11 is 3.62. The van der Waals surface area contributed by atoms with Crippen LogP contribution in [0.5, 0.6) is 0 Å². The zero-order chi connectivity index (χ0) is 17.9. The molecule has 25 heavy (non-hydrogen) atoms. The molecule has 0 saturated carbocycles. The molecule has 0 spiro atoms. The van der Waals surface area contributed by atoms with Gasteiger partial charge >= 0.3 is 0 Å². The van der Waals surface area contributed by atoms with Crippen LogP contribution in [0.1, 0.15) is 5.56 Å². The summed E-state index contributed by atoms with van der Waals surface area (Å²) < 4.78 is 3.52. The van der Waals surface area contributed by atoms with E-state index < -0.39 is 8.24 Å². The summed E-state index contributed by atoms with van der Waals surface area (Å²) in [6, 6.07) is 29.7. The summed E-state index contributed by atoms with van der Waals surface area (Å²) in [7, 11) is -2.01. The molecule has 126 valence electrons. The molecule has 3 heteroatoms. The van der Waals surface area contributed by atoms with Crippen LogP contribution < -0.4 is 9.75 Å². The Kier molecular flexibility index (Phi) is 5.26. The Bertz CT molecular complexity index is 859. The first-order chi connectivity index (χ1) is 12.0. The van der Waals surface area contributed by atoms with Crippen molar-refractivity contribution >= 4 is 40.7 Å². The molecule has 0 aliphatic carbocycles. The molecule has 0 aliphatic heterocycles. The van der Waals surface area contributed by atoms with Crippen LogP contribution in [0.25, 0.3) is 5.70 Å². The van der Waals surface area contributed by atoms with Crippen molar-refractivity contribution in [2.45, 2.75) is 13.1 Å². The topological polar surface area (TPSA) is 3.24 Å². The Labute approximate surface area is 159 Å². The van der Waals surface area contributed by atoms with Crippen molar-refractivity contribution in [2.75, 3.05) is 4.57 Å². The number of hydrogen-bond donors (Lipinski definition) is 0. The summed E-state index contributed by atoms with van der Waals surface area (Å²) in [4.78, 5) is 0. The van der Waals surface area contributed by atoms with Crippen LogP contribution in [-0.4, -0.2) is 8.24 Å². The first-order valence-corrected chi connectivity index (χ1v) is 12.1. The molecule has 3 rings (SSSR count). The molecule has 0 radical (unpaired) electrons. The third-order valence-electron chi connectivity index (χ3n) is 4.48. The van der Waals surface area contributed by atoms with E-state index in [4.69, 9.17) is 0 Å². The number of hydrogen-bond acceptors (Lipinski definition) is 1. The second kappa shape index (κ2) is 7.42. The highest BCUT2D eigenvalue weighted by Crippen LogP contribution is 2.32. The first kappa shape index (κ1) is 17.7. The van der Waals surface area contributed by atoms with Gasteiger partial charge in [-0.05, 0) is 42.0 Å². The number of halogens is 1. The summed E-state index contributed by atoms with van der Waals surface area (Å²) in [5, 5.41) is 1.38. The van der Waals surface area contributed by atoms with Crippen molar-refractivity contribution in [3.8, 4) is 0 Å². The summed E-state index contributed by atoms with van der Waals surface area (Å²) in [5.74, 6) is 0. The lowest BCUT2D eigenvalue weighted by Crippen LogP contribution is -2.57. The molecular formula is C22H22BrNSi. The maximum atomic E-state index is 4.47. The van der Waals surface area contributed by atoms with Gasteiger partial charge in [0.2, 0.25) is 0 Å². The van der Waals surface area contributed by atoms with Crippen LogP contribution in [0.3, 0.4) is 0 Å². The predicted octanol–water partition coefficient (Wildman–Crippen LogP) is 6.04. The van der Waals surface area contributed by atoms with Gasteiger partial charge in [0, 0.05) is 15.9 Å². The fourth-order valence-electron chi connectivity index (χ4n) is 3.17. The van der Waals surface area contributed by atoms with E-state index in [1.165, 1.54) is 10.9 Å². The van der Waals surface area contributed by atoms with Gasteiger partial charge in [0.05, 0.1) is 0 Å². The molecular weight excluding hydrogens is 386 g/mol. The van der Waals surface area contributed by atoms with Crippen LogP contribution in [0, 0.1) is 0 Å². The second-order valence-electron chi connectivity index (χ2n) is 6.55. The lowest BCUT2D eigenvalue weighted by molar-refractivity contribution is 1.34. The van der Waals surface area contributed by atoms with Gasteiger partial charge in [-0.1, -0.05) is 89.2 Å². The Balaban J connectivity index is 2.14. The minimum absolute atomic E-state index is 1.04. The summed E-state index contributed by atoms with van der Waals surface area (Å²) in [5.41, 5.74) is 3.36. The van der Waals surface area contributed by atoms with Crippen LogP contribution in [0.2, 0.25) is 13.1 Å². The van der Waals surface area contributed by atoms with E-state index in [9.17, 15) is 0 Å². The molecule has 1 nitrogen and oxygen atoms in total. The average molecular weight is 408 g/mol. The lowest BCUT2D eigenvalue weighted by Gasteiger charge is -2.40. The standard InChI is InChI=1S/C22H22BrNSi/c1-18(19-11-6-4-7-12-19)24(21-14-10-13-20(23)17-21)25(2,3)22-15-8-5-9-16-22/h4-17H,1H2,2-3H3. The average Bonchev–Trinajstić information content (AvgIpc) is 2.63. The van der Waals surface area contributed by atoms with Gasteiger partial charge in [0.25, 0.3) is 0 Å². The normalized spacial score (nSPS) is 11.2. The molecule has 0 aliphatic rings. The molecule has 3 aromatic carbocycles. The van der Waals surface area contributed by atoms with Crippen molar-refractivity contribution in [3.63, 3.8) is 0 Å². The van der Waals surface area contributed by atoms with Crippen molar-refractivity contribution in [2.24, 2.45) is 0 Å². The Hall–Kier alpha value is -2.10. The van der Waals surface area contributed by atoms with Gasteiger partial charge in [-0.2, -0.15) is 0 Å². The van der Waals surface area contributed by atoms with E-state index in [0.717, 1.165) is 15.7 Å². The molecule has 0 fully saturated rings. The first-order valence-electron chi connectivity index (χ1n) is 8.36.